The quantitative estimate of drug-likeness (QED) is 0.872. The Labute approximate surface area is 118 Å². The van der Waals surface area contributed by atoms with E-state index in [9.17, 15) is 4.79 Å². The molecule has 0 spiro atoms. The van der Waals surface area contributed by atoms with Crippen LogP contribution in [0, 0.1) is 0 Å². The molecule has 108 valence electrons. The second kappa shape index (κ2) is 5.66. The van der Waals surface area contributed by atoms with Gasteiger partial charge in [0.05, 0.1) is 24.5 Å². The van der Waals surface area contributed by atoms with E-state index in [0.29, 0.717) is 13.2 Å². The maximum absolute atomic E-state index is 12.5. The molecule has 1 atom stereocenters. The van der Waals surface area contributed by atoms with Gasteiger partial charge in [-0.2, -0.15) is 0 Å². The van der Waals surface area contributed by atoms with E-state index in [4.69, 9.17) is 4.74 Å². The molecule has 6 nitrogen and oxygen atoms in total. The number of nitrogens with zero attached hydrogens (tertiary/aromatic N) is 3. The van der Waals surface area contributed by atoms with Gasteiger partial charge in [-0.1, -0.05) is 0 Å². The number of likely N-dealkylation sites (N-methyl/N-ethyl adjacent to an activating group) is 1. The summed E-state index contributed by atoms with van der Waals surface area (Å²) in [6.07, 6.45) is 6.94. The molecule has 0 radical (unpaired) electrons. The monoisotopic (exact) mass is 276 g/mol. The topological polar surface area (TPSA) is 61.5 Å². The van der Waals surface area contributed by atoms with Crippen LogP contribution in [-0.4, -0.2) is 59.0 Å². The van der Waals surface area contributed by atoms with E-state index in [1.165, 1.54) is 0 Å². The summed E-state index contributed by atoms with van der Waals surface area (Å²) in [5.41, 5.74) is 0.791. The molecule has 1 aromatic heterocycles. The number of amides is 1. The van der Waals surface area contributed by atoms with E-state index in [0.717, 1.165) is 37.3 Å². The number of H-pyrrole nitrogens is 1. The number of imidazole rings is 1. The van der Waals surface area contributed by atoms with Crippen molar-refractivity contribution < 1.29 is 9.53 Å². The van der Waals surface area contributed by atoms with Crippen LogP contribution in [0.4, 0.5) is 0 Å². The summed E-state index contributed by atoms with van der Waals surface area (Å²) in [7, 11) is 2.07. The van der Waals surface area contributed by atoms with Crippen molar-refractivity contribution in [1.29, 1.82) is 0 Å². The first kappa shape index (κ1) is 13.2. The van der Waals surface area contributed by atoms with Crippen LogP contribution in [0.1, 0.15) is 24.7 Å². The van der Waals surface area contributed by atoms with Crippen molar-refractivity contribution in [2.24, 2.45) is 0 Å². The molecule has 2 aliphatic heterocycles. The van der Waals surface area contributed by atoms with Gasteiger partial charge in [-0.15, -0.1) is 0 Å². The highest BCUT2D eigenvalue weighted by atomic mass is 16.5. The van der Waals surface area contributed by atoms with Crippen LogP contribution in [-0.2, 0) is 9.53 Å². The molecule has 1 saturated heterocycles. The summed E-state index contributed by atoms with van der Waals surface area (Å²) < 4.78 is 5.28. The minimum Gasteiger partial charge on any atom is -0.501 e. The fourth-order valence-corrected chi connectivity index (χ4v) is 2.74. The Morgan fingerprint density at radius 2 is 2.40 bits per heavy atom. The Balaban J connectivity index is 1.72. The van der Waals surface area contributed by atoms with E-state index in [-0.39, 0.29) is 11.9 Å². The molecule has 1 N–H and O–H groups in total. The Morgan fingerprint density at radius 3 is 3.10 bits per heavy atom. The number of rotatable bonds is 2. The predicted octanol–water partition coefficient (Wildman–Crippen LogP) is 0.919. The fourth-order valence-electron chi connectivity index (χ4n) is 2.74. The van der Waals surface area contributed by atoms with E-state index in [2.05, 4.69) is 21.9 Å². The van der Waals surface area contributed by atoms with Gasteiger partial charge in [0.2, 0.25) is 0 Å². The van der Waals surface area contributed by atoms with Crippen molar-refractivity contribution in [3.8, 4) is 0 Å². The highest BCUT2D eigenvalue weighted by molar-refractivity contribution is 5.93. The van der Waals surface area contributed by atoms with Gasteiger partial charge in [-0.3, -0.25) is 9.69 Å². The molecule has 2 aliphatic rings. The minimum absolute atomic E-state index is 0.106. The number of ether oxygens (including phenoxy) is 1. The summed E-state index contributed by atoms with van der Waals surface area (Å²) in [6.45, 7) is 2.99. The number of hydrogen-bond acceptors (Lipinski definition) is 4. The van der Waals surface area contributed by atoms with Gasteiger partial charge < -0.3 is 14.6 Å². The predicted molar refractivity (Wildman–Crippen MR) is 73.8 cm³/mol. The SMILES string of the molecule is CN1CCN(C(=O)C2=COCCC2)CC1c1ncc[nH]1. The highest BCUT2D eigenvalue weighted by Gasteiger charge is 2.31. The van der Waals surface area contributed by atoms with Gasteiger partial charge in [0.25, 0.3) is 5.91 Å². The normalized spacial score (nSPS) is 24.1. The first-order valence-electron chi connectivity index (χ1n) is 7.05. The third kappa shape index (κ3) is 2.56. The molecule has 3 rings (SSSR count). The lowest BCUT2D eigenvalue weighted by atomic mass is 10.1. The molecule has 1 aromatic rings. The average Bonchev–Trinajstić information content (AvgIpc) is 3.02. The molecule has 1 fully saturated rings. The fraction of sp³-hybridized carbons (Fsp3) is 0.571. The summed E-state index contributed by atoms with van der Waals surface area (Å²) in [6, 6.07) is 0.132. The maximum atomic E-state index is 12.5. The Kier molecular flexibility index (Phi) is 3.73. The second-order valence-corrected chi connectivity index (χ2v) is 5.34. The van der Waals surface area contributed by atoms with Gasteiger partial charge >= 0.3 is 0 Å². The first-order valence-corrected chi connectivity index (χ1v) is 7.05. The molecular weight excluding hydrogens is 256 g/mol. The standard InChI is InChI=1S/C14H20N4O2/c1-17-6-7-18(9-12(17)13-15-4-5-16-13)14(19)11-3-2-8-20-10-11/h4-5,10,12H,2-3,6-9H2,1H3,(H,15,16). The van der Waals surface area contributed by atoms with Gasteiger partial charge in [0.15, 0.2) is 0 Å². The van der Waals surface area contributed by atoms with Crippen molar-refractivity contribution in [3.05, 3.63) is 30.1 Å². The largest absolute Gasteiger partial charge is 0.501 e. The third-order valence-corrected chi connectivity index (χ3v) is 3.98. The van der Waals surface area contributed by atoms with Crippen LogP contribution in [0.5, 0.6) is 0 Å². The Morgan fingerprint density at radius 1 is 1.50 bits per heavy atom. The van der Waals surface area contributed by atoms with Crippen LogP contribution in [0.25, 0.3) is 0 Å². The third-order valence-electron chi connectivity index (χ3n) is 3.98. The molecule has 20 heavy (non-hydrogen) atoms. The number of aromatic amines is 1. The number of aromatic nitrogens is 2. The van der Waals surface area contributed by atoms with Crippen LogP contribution in [0.15, 0.2) is 24.2 Å². The van der Waals surface area contributed by atoms with Crippen LogP contribution < -0.4 is 0 Å². The Hall–Kier alpha value is -1.82. The zero-order valence-corrected chi connectivity index (χ0v) is 11.7. The van der Waals surface area contributed by atoms with E-state index < -0.39 is 0 Å². The van der Waals surface area contributed by atoms with Gasteiger partial charge in [-0.05, 0) is 19.9 Å². The Bertz CT molecular complexity index is 497. The molecule has 1 unspecified atom stereocenters. The number of nitrogens with one attached hydrogen (secondary N) is 1. The zero-order valence-electron chi connectivity index (χ0n) is 11.7. The van der Waals surface area contributed by atoms with Crippen LogP contribution >= 0.6 is 0 Å². The lowest BCUT2D eigenvalue weighted by molar-refractivity contribution is -0.130. The summed E-state index contributed by atoms with van der Waals surface area (Å²) in [4.78, 5) is 24.1. The maximum Gasteiger partial charge on any atom is 0.252 e. The van der Waals surface area contributed by atoms with Crippen molar-refractivity contribution in [2.45, 2.75) is 18.9 Å². The molecule has 6 heteroatoms. The first-order chi connectivity index (χ1) is 9.75. The lowest BCUT2D eigenvalue weighted by Crippen LogP contribution is -2.49. The van der Waals surface area contributed by atoms with Crippen molar-refractivity contribution >= 4 is 5.91 Å². The minimum atomic E-state index is 0.106. The van der Waals surface area contributed by atoms with Gasteiger partial charge in [0, 0.05) is 32.0 Å². The van der Waals surface area contributed by atoms with Crippen LogP contribution in [0.3, 0.4) is 0 Å². The molecule has 0 bridgehead atoms. The summed E-state index contributed by atoms with van der Waals surface area (Å²) >= 11 is 0. The summed E-state index contributed by atoms with van der Waals surface area (Å²) in [5, 5.41) is 0. The van der Waals surface area contributed by atoms with Crippen LogP contribution in [0.2, 0.25) is 0 Å². The summed E-state index contributed by atoms with van der Waals surface area (Å²) in [5.74, 6) is 1.02. The number of hydrogen-bond donors (Lipinski definition) is 1. The number of carbonyl (C=O) groups is 1. The lowest BCUT2D eigenvalue weighted by Gasteiger charge is -2.39. The van der Waals surface area contributed by atoms with E-state index in [1.807, 2.05) is 11.1 Å². The smallest absolute Gasteiger partial charge is 0.252 e. The van der Waals surface area contributed by atoms with Crippen molar-refractivity contribution in [2.75, 3.05) is 33.3 Å². The zero-order chi connectivity index (χ0) is 13.9. The van der Waals surface area contributed by atoms with Gasteiger partial charge in [-0.25, -0.2) is 4.98 Å². The molecule has 1 amide bonds. The number of carbonyl (C=O) groups excluding carboxylic acids is 1. The van der Waals surface area contributed by atoms with Crippen molar-refractivity contribution in [3.63, 3.8) is 0 Å². The van der Waals surface area contributed by atoms with Gasteiger partial charge in [0.1, 0.15) is 5.82 Å². The molecule has 0 aromatic carbocycles. The van der Waals surface area contributed by atoms with E-state index >= 15 is 0 Å². The molecule has 3 heterocycles. The molecule has 0 saturated carbocycles. The van der Waals surface area contributed by atoms with E-state index in [1.54, 1.807) is 12.5 Å². The van der Waals surface area contributed by atoms with Crippen molar-refractivity contribution in [1.82, 2.24) is 19.8 Å². The molecule has 0 aliphatic carbocycles. The second-order valence-electron chi connectivity index (χ2n) is 5.34. The molecular formula is C14H20N4O2. The average molecular weight is 276 g/mol. The number of piperazine rings is 1. The highest BCUT2D eigenvalue weighted by Crippen LogP contribution is 2.23.